The molecule has 3 aromatic rings. The lowest BCUT2D eigenvalue weighted by molar-refractivity contribution is -0.00287. The summed E-state index contributed by atoms with van der Waals surface area (Å²) in [6.07, 6.45) is -0.0887. The van der Waals surface area contributed by atoms with Gasteiger partial charge in [0.2, 0.25) is 0 Å². The predicted octanol–water partition coefficient (Wildman–Crippen LogP) is 6.23. The topological polar surface area (TPSA) is 52.6 Å². The summed E-state index contributed by atoms with van der Waals surface area (Å²) in [6, 6.07) is 27.7. The molecule has 0 heterocycles. The van der Waals surface area contributed by atoms with Gasteiger partial charge in [-0.15, -0.1) is 0 Å². The highest BCUT2D eigenvalue weighted by Crippen LogP contribution is 2.48. The molecule has 174 valence electrons. The minimum atomic E-state index is -3.36. The van der Waals surface area contributed by atoms with Gasteiger partial charge in [-0.2, -0.15) is 0 Å². The Morgan fingerprint density at radius 2 is 1.21 bits per heavy atom. The monoisotopic (exact) mass is 464 g/mol. The molecule has 3 unspecified atom stereocenters. The molecule has 0 aromatic heterocycles. The number of carbonyl (C=O) groups is 1. The molecule has 0 aliphatic rings. The first-order chi connectivity index (χ1) is 15.8. The standard InChI is InChI=1S/C28H33O4P/c1-21(2)20-27(22(3)23(4)31-28(29)24-14-8-5-9-15-24)32-33(30,25-16-10-6-11-17-25)26-18-12-7-13-19-26/h5-19,21-23,27H,20H2,1-4H3. The highest BCUT2D eigenvalue weighted by molar-refractivity contribution is 7.74. The summed E-state index contributed by atoms with van der Waals surface area (Å²) in [5, 5.41) is 1.32. The fourth-order valence-corrected chi connectivity index (χ4v) is 6.08. The Kier molecular flexibility index (Phi) is 8.66. The average Bonchev–Trinajstić information content (AvgIpc) is 2.84. The summed E-state index contributed by atoms with van der Waals surface area (Å²) in [5.74, 6) is -0.220. The van der Waals surface area contributed by atoms with Crippen molar-refractivity contribution in [2.24, 2.45) is 11.8 Å². The van der Waals surface area contributed by atoms with Crippen LogP contribution in [0.4, 0.5) is 0 Å². The first kappa shape index (κ1) is 25.0. The fourth-order valence-electron chi connectivity index (χ4n) is 3.75. The second kappa shape index (κ2) is 11.4. The van der Waals surface area contributed by atoms with Crippen LogP contribution >= 0.6 is 7.37 Å². The Balaban J connectivity index is 1.88. The van der Waals surface area contributed by atoms with Crippen LogP contribution in [0.25, 0.3) is 0 Å². The molecule has 5 heteroatoms. The molecule has 0 aliphatic heterocycles. The maximum Gasteiger partial charge on any atom is 0.338 e. The van der Waals surface area contributed by atoms with Crippen LogP contribution in [-0.4, -0.2) is 18.2 Å². The minimum absolute atomic E-state index is 0.166. The van der Waals surface area contributed by atoms with Crippen LogP contribution in [0.5, 0.6) is 0 Å². The smallest absolute Gasteiger partial charge is 0.338 e. The van der Waals surface area contributed by atoms with Gasteiger partial charge >= 0.3 is 5.97 Å². The number of esters is 1. The van der Waals surface area contributed by atoms with Gasteiger partial charge in [-0.25, -0.2) is 4.79 Å². The van der Waals surface area contributed by atoms with E-state index in [1.165, 1.54) is 0 Å². The zero-order chi connectivity index (χ0) is 23.8. The minimum Gasteiger partial charge on any atom is -0.459 e. The normalized spacial score (nSPS) is 14.5. The first-order valence-electron chi connectivity index (χ1n) is 11.5. The molecule has 0 saturated carbocycles. The van der Waals surface area contributed by atoms with Crippen LogP contribution in [0.2, 0.25) is 0 Å². The molecule has 3 rings (SSSR count). The molecule has 3 atom stereocenters. The van der Waals surface area contributed by atoms with E-state index >= 15 is 0 Å². The van der Waals surface area contributed by atoms with E-state index in [0.717, 1.165) is 0 Å². The number of carbonyl (C=O) groups excluding carboxylic acids is 1. The van der Waals surface area contributed by atoms with Crippen molar-refractivity contribution >= 4 is 23.9 Å². The van der Waals surface area contributed by atoms with Gasteiger partial charge in [-0.3, -0.25) is 4.57 Å². The van der Waals surface area contributed by atoms with Crippen molar-refractivity contribution in [3.8, 4) is 0 Å². The number of benzene rings is 3. The van der Waals surface area contributed by atoms with Crippen LogP contribution in [0.3, 0.4) is 0 Å². The number of hydrogen-bond acceptors (Lipinski definition) is 4. The zero-order valence-electron chi connectivity index (χ0n) is 19.8. The maximum absolute atomic E-state index is 14.4. The van der Waals surface area contributed by atoms with E-state index in [4.69, 9.17) is 9.26 Å². The number of rotatable bonds is 10. The van der Waals surface area contributed by atoms with Crippen molar-refractivity contribution in [1.82, 2.24) is 0 Å². The van der Waals surface area contributed by atoms with Crippen molar-refractivity contribution in [2.75, 3.05) is 0 Å². The van der Waals surface area contributed by atoms with E-state index in [-0.39, 0.29) is 18.0 Å². The van der Waals surface area contributed by atoms with Gasteiger partial charge in [-0.05, 0) is 55.7 Å². The van der Waals surface area contributed by atoms with Gasteiger partial charge in [0.15, 0.2) is 0 Å². The maximum atomic E-state index is 14.4. The van der Waals surface area contributed by atoms with Gasteiger partial charge in [0, 0.05) is 16.5 Å². The molecule has 3 aromatic carbocycles. The molecule has 0 aliphatic carbocycles. The summed E-state index contributed by atoms with van der Waals surface area (Å²) in [6.45, 7) is 8.09. The lowest BCUT2D eigenvalue weighted by Crippen LogP contribution is -2.35. The fraction of sp³-hybridized carbons (Fsp3) is 0.321. The summed E-state index contributed by atoms with van der Waals surface area (Å²) in [7, 11) is -3.36. The molecule has 4 nitrogen and oxygen atoms in total. The van der Waals surface area contributed by atoms with Gasteiger partial charge in [0.1, 0.15) is 6.10 Å². The van der Waals surface area contributed by atoms with E-state index in [1.54, 1.807) is 12.1 Å². The Hall–Kier alpha value is -2.68. The van der Waals surface area contributed by atoms with Gasteiger partial charge in [-0.1, -0.05) is 75.4 Å². The number of ether oxygens (including phenoxy) is 1. The molecular formula is C28H33O4P. The third-order valence-corrected chi connectivity index (χ3v) is 8.33. The molecule has 33 heavy (non-hydrogen) atoms. The highest BCUT2D eigenvalue weighted by Gasteiger charge is 2.36. The Morgan fingerprint density at radius 1 is 0.758 bits per heavy atom. The quantitative estimate of drug-likeness (QED) is 0.264. The van der Waals surface area contributed by atoms with Gasteiger partial charge in [0.25, 0.3) is 7.37 Å². The summed E-state index contributed by atoms with van der Waals surface area (Å²) in [5.41, 5.74) is 0.511. The highest BCUT2D eigenvalue weighted by atomic mass is 31.2. The second-order valence-electron chi connectivity index (χ2n) is 8.83. The molecular weight excluding hydrogens is 431 g/mol. The van der Waals surface area contributed by atoms with Crippen LogP contribution in [-0.2, 0) is 13.8 Å². The molecule has 0 radical (unpaired) electrons. The lowest BCUT2D eigenvalue weighted by atomic mass is 9.92. The summed E-state index contributed by atoms with van der Waals surface area (Å²) >= 11 is 0. The summed E-state index contributed by atoms with van der Waals surface area (Å²) in [4.78, 5) is 12.6. The van der Waals surface area contributed by atoms with Crippen molar-refractivity contribution in [3.63, 3.8) is 0 Å². The molecule has 0 fully saturated rings. The van der Waals surface area contributed by atoms with Crippen LogP contribution in [0, 0.1) is 11.8 Å². The van der Waals surface area contributed by atoms with Crippen LogP contribution < -0.4 is 10.6 Å². The molecule has 0 saturated heterocycles. The average molecular weight is 465 g/mol. The Labute approximate surface area is 197 Å². The zero-order valence-corrected chi connectivity index (χ0v) is 20.7. The molecule has 0 amide bonds. The second-order valence-corrected chi connectivity index (χ2v) is 11.2. The van der Waals surface area contributed by atoms with E-state index in [2.05, 4.69) is 13.8 Å². The summed E-state index contributed by atoms with van der Waals surface area (Å²) < 4.78 is 26.8. The molecule has 0 N–H and O–H groups in total. The van der Waals surface area contributed by atoms with Crippen molar-refractivity contribution < 1.29 is 18.6 Å². The molecule has 0 spiro atoms. The van der Waals surface area contributed by atoms with E-state index < -0.39 is 13.5 Å². The van der Waals surface area contributed by atoms with E-state index in [9.17, 15) is 9.36 Å². The predicted molar refractivity (Wildman–Crippen MR) is 135 cm³/mol. The first-order valence-corrected chi connectivity index (χ1v) is 13.1. The Bertz CT molecular complexity index is 1010. The van der Waals surface area contributed by atoms with E-state index in [0.29, 0.717) is 28.5 Å². The lowest BCUT2D eigenvalue weighted by Gasteiger charge is -2.33. The third kappa shape index (κ3) is 6.43. The Morgan fingerprint density at radius 3 is 1.67 bits per heavy atom. The third-order valence-electron chi connectivity index (χ3n) is 5.81. The SMILES string of the molecule is CC(C)CC(OP(=O)(c1ccccc1)c1ccccc1)C(C)C(C)OC(=O)c1ccccc1. The van der Waals surface area contributed by atoms with Crippen LogP contribution in [0.1, 0.15) is 44.5 Å². The van der Waals surface area contributed by atoms with Crippen molar-refractivity contribution in [3.05, 3.63) is 96.6 Å². The van der Waals surface area contributed by atoms with Gasteiger partial charge < -0.3 is 9.26 Å². The largest absolute Gasteiger partial charge is 0.459 e. The van der Waals surface area contributed by atoms with Crippen molar-refractivity contribution in [1.29, 1.82) is 0 Å². The van der Waals surface area contributed by atoms with E-state index in [1.807, 2.05) is 92.7 Å². The molecule has 0 bridgehead atoms. The van der Waals surface area contributed by atoms with Gasteiger partial charge in [0.05, 0.1) is 11.7 Å². The van der Waals surface area contributed by atoms with Crippen molar-refractivity contribution in [2.45, 2.75) is 46.3 Å². The van der Waals surface area contributed by atoms with Crippen LogP contribution in [0.15, 0.2) is 91.0 Å². The number of hydrogen-bond donors (Lipinski definition) is 0.